The van der Waals surface area contributed by atoms with E-state index in [1.54, 1.807) is 0 Å². The zero-order valence-corrected chi connectivity index (χ0v) is 9.05. The zero-order chi connectivity index (χ0) is 10.4. The minimum atomic E-state index is -0.160. The van der Waals surface area contributed by atoms with Gasteiger partial charge < -0.3 is 0 Å². The van der Waals surface area contributed by atoms with Gasteiger partial charge in [-0.25, -0.2) is 0 Å². The van der Waals surface area contributed by atoms with Crippen molar-refractivity contribution < 1.29 is 4.79 Å². The Morgan fingerprint density at radius 1 is 1.29 bits per heavy atom. The number of carbonyl (C=O) groups excluding carboxylic acids is 1. The maximum atomic E-state index is 10.9. The molecule has 0 unspecified atom stereocenters. The molecule has 0 aliphatic carbocycles. The Labute approximate surface area is 93.3 Å². The third-order valence-electron chi connectivity index (χ3n) is 1.67. The van der Waals surface area contributed by atoms with Gasteiger partial charge in [-0.2, -0.15) is 0 Å². The number of benzene rings is 1. The summed E-state index contributed by atoms with van der Waals surface area (Å²) >= 11 is 11.2. The van der Waals surface area contributed by atoms with Crippen LogP contribution in [0.4, 0.5) is 0 Å². The van der Waals surface area contributed by atoms with Crippen molar-refractivity contribution in [3.63, 3.8) is 0 Å². The van der Waals surface area contributed by atoms with Gasteiger partial charge in [-0.05, 0) is 11.6 Å². The fraction of sp³-hybridized carbons (Fsp3) is 0.182. The quantitative estimate of drug-likeness (QED) is 0.572. The Bertz CT molecular complexity index is 330. The molecule has 0 spiro atoms. The van der Waals surface area contributed by atoms with Gasteiger partial charge in [-0.3, -0.25) is 4.79 Å². The topological polar surface area (TPSA) is 17.1 Å². The fourth-order valence-electron chi connectivity index (χ4n) is 1.06. The van der Waals surface area contributed by atoms with Crippen LogP contribution in [0.5, 0.6) is 0 Å². The standard InChI is InChI=1S/C11H10Cl2O/c12-8-11(14)7-10(13)6-9-4-2-1-3-5-9/h1-5,7H,6,8H2/b10-7+. The highest BCUT2D eigenvalue weighted by Gasteiger charge is 1.99. The van der Waals surface area contributed by atoms with E-state index in [0.29, 0.717) is 11.5 Å². The molecule has 0 fully saturated rings. The van der Waals surface area contributed by atoms with Crippen LogP contribution in [0.1, 0.15) is 5.56 Å². The summed E-state index contributed by atoms with van der Waals surface area (Å²) in [5.74, 6) is -0.182. The van der Waals surface area contributed by atoms with Crippen LogP contribution in [0.15, 0.2) is 41.4 Å². The van der Waals surface area contributed by atoms with E-state index in [1.165, 1.54) is 6.08 Å². The van der Waals surface area contributed by atoms with E-state index in [4.69, 9.17) is 23.2 Å². The zero-order valence-electron chi connectivity index (χ0n) is 7.54. The smallest absolute Gasteiger partial charge is 0.171 e. The van der Waals surface area contributed by atoms with E-state index in [-0.39, 0.29) is 11.7 Å². The maximum absolute atomic E-state index is 10.9. The molecule has 0 aliphatic rings. The number of rotatable bonds is 4. The monoisotopic (exact) mass is 228 g/mol. The second-order valence-corrected chi connectivity index (χ2v) is 3.61. The van der Waals surface area contributed by atoms with Crippen molar-refractivity contribution in [2.45, 2.75) is 6.42 Å². The normalized spacial score (nSPS) is 11.4. The molecule has 3 heteroatoms. The summed E-state index contributed by atoms with van der Waals surface area (Å²) in [7, 11) is 0. The van der Waals surface area contributed by atoms with Crippen molar-refractivity contribution in [1.29, 1.82) is 0 Å². The highest BCUT2D eigenvalue weighted by molar-refractivity contribution is 6.34. The molecule has 0 bridgehead atoms. The molecule has 1 rings (SSSR count). The molecular weight excluding hydrogens is 219 g/mol. The van der Waals surface area contributed by atoms with E-state index >= 15 is 0 Å². The van der Waals surface area contributed by atoms with Crippen molar-refractivity contribution in [3.05, 3.63) is 47.0 Å². The first-order valence-electron chi connectivity index (χ1n) is 4.21. The van der Waals surface area contributed by atoms with Gasteiger partial charge in [-0.15, -0.1) is 11.6 Å². The van der Waals surface area contributed by atoms with E-state index in [9.17, 15) is 4.79 Å². The van der Waals surface area contributed by atoms with E-state index in [1.807, 2.05) is 30.3 Å². The lowest BCUT2D eigenvalue weighted by molar-refractivity contribution is -0.112. The predicted octanol–water partition coefficient (Wildman–Crippen LogP) is 3.16. The lowest BCUT2D eigenvalue weighted by Crippen LogP contribution is -1.95. The SMILES string of the molecule is O=C(/C=C(/Cl)Cc1ccccc1)CCl. The molecule has 0 aromatic heterocycles. The van der Waals surface area contributed by atoms with Crippen LogP contribution in [0.2, 0.25) is 0 Å². The van der Waals surface area contributed by atoms with E-state index in [2.05, 4.69) is 0 Å². The minimum absolute atomic E-state index is 0.0228. The first-order chi connectivity index (χ1) is 6.72. The number of hydrogen-bond donors (Lipinski definition) is 0. The van der Waals surface area contributed by atoms with Crippen LogP contribution in [0, 0.1) is 0 Å². The van der Waals surface area contributed by atoms with Crippen molar-refractivity contribution in [2.75, 3.05) is 5.88 Å². The fourth-order valence-corrected chi connectivity index (χ4v) is 1.41. The van der Waals surface area contributed by atoms with Crippen LogP contribution in [-0.4, -0.2) is 11.7 Å². The van der Waals surface area contributed by atoms with Gasteiger partial charge >= 0.3 is 0 Å². The number of halogens is 2. The molecule has 0 amide bonds. The molecular formula is C11H10Cl2O. The molecule has 0 radical (unpaired) electrons. The van der Waals surface area contributed by atoms with Crippen LogP contribution in [0.3, 0.4) is 0 Å². The summed E-state index contributed by atoms with van der Waals surface area (Å²) in [4.78, 5) is 10.9. The minimum Gasteiger partial charge on any atom is -0.293 e. The Balaban J connectivity index is 2.61. The first-order valence-corrected chi connectivity index (χ1v) is 5.12. The summed E-state index contributed by atoms with van der Waals surface area (Å²) in [5.41, 5.74) is 1.08. The number of hydrogen-bond acceptors (Lipinski definition) is 1. The summed E-state index contributed by atoms with van der Waals surface area (Å²) in [5, 5.41) is 0.516. The van der Waals surface area contributed by atoms with Crippen molar-refractivity contribution in [2.24, 2.45) is 0 Å². The number of allylic oxidation sites excluding steroid dienone is 2. The second kappa shape index (κ2) is 5.84. The summed E-state index contributed by atoms with van der Waals surface area (Å²) in [6, 6.07) is 9.72. The highest BCUT2D eigenvalue weighted by Crippen LogP contribution is 2.11. The molecule has 1 nitrogen and oxygen atoms in total. The van der Waals surface area contributed by atoms with Crippen LogP contribution >= 0.6 is 23.2 Å². The van der Waals surface area contributed by atoms with E-state index in [0.717, 1.165) is 5.56 Å². The average Bonchev–Trinajstić information content (AvgIpc) is 2.19. The lowest BCUT2D eigenvalue weighted by Gasteiger charge is -1.98. The van der Waals surface area contributed by atoms with Crippen molar-refractivity contribution in [1.82, 2.24) is 0 Å². The predicted molar refractivity (Wildman–Crippen MR) is 59.8 cm³/mol. The molecule has 0 saturated heterocycles. The van der Waals surface area contributed by atoms with Gasteiger partial charge in [0.05, 0.1) is 5.88 Å². The van der Waals surface area contributed by atoms with Crippen LogP contribution in [-0.2, 0) is 11.2 Å². The lowest BCUT2D eigenvalue weighted by atomic mass is 10.1. The molecule has 0 atom stereocenters. The Morgan fingerprint density at radius 2 is 1.93 bits per heavy atom. The summed E-state index contributed by atoms with van der Waals surface area (Å²) < 4.78 is 0. The molecule has 74 valence electrons. The van der Waals surface area contributed by atoms with Crippen LogP contribution < -0.4 is 0 Å². The maximum Gasteiger partial charge on any atom is 0.171 e. The highest BCUT2D eigenvalue weighted by atomic mass is 35.5. The van der Waals surface area contributed by atoms with E-state index < -0.39 is 0 Å². The Kier molecular flexibility index (Phi) is 4.71. The van der Waals surface area contributed by atoms with Gasteiger partial charge in [-0.1, -0.05) is 41.9 Å². The number of alkyl halides is 1. The van der Waals surface area contributed by atoms with Gasteiger partial charge in [0.2, 0.25) is 0 Å². The summed E-state index contributed by atoms with van der Waals surface area (Å²) in [6.45, 7) is 0. The summed E-state index contributed by atoms with van der Waals surface area (Å²) in [6.07, 6.45) is 1.95. The first kappa shape index (κ1) is 11.3. The third kappa shape index (κ3) is 3.95. The van der Waals surface area contributed by atoms with Gasteiger partial charge in [0.1, 0.15) is 0 Å². The van der Waals surface area contributed by atoms with Crippen molar-refractivity contribution >= 4 is 29.0 Å². The second-order valence-electron chi connectivity index (χ2n) is 2.85. The van der Waals surface area contributed by atoms with Gasteiger partial charge in [0, 0.05) is 11.5 Å². The molecule has 1 aromatic rings. The molecule has 1 aromatic carbocycles. The molecule has 0 saturated carbocycles. The van der Waals surface area contributed by atoms with Gasteiger partial charge in [0.25, 0.3) is 0 Å². The molecule has 0 N–H and O–H groups in total. The molecule has 0 aliphatic heterocycles. The number of carbonyl (C=O) groups is 1. The number of ketones is 1. The van der Waals surface area contributed by atoms with Crippen molar-refractivity contribution in [3.8, 4) is 0 Å². The van der Waals surface area contributed by atoms with Crippen LogP contribution in [0.25, 0.3) is 0 Å². The Morgan fingerprint density at radius 3 is 2.50 bits per heavy atom. The largest absolute Gasteiger partial charge is 0.293 e. The molecule has 0 heterocycles. The molecule has 14 heavy (non-hydrogen) atoms. The average molecular weight is 229 g/mol. The van der Waals surface area contributed by atoms with Gasteiger partial charge in [0.15, 0.2) is 5.78 Å². The third-order valence-corrected chi connectivity index (χ3v) is 2.17. The Hall–Kier alpha value is -0.790.